The number of alkyl halides is 2. The molecule has 1 aliphatic heterocycles. The summed E-state index contributed by atoms with van der Waals surface area (Å²) in [6.07, 6.45) is 0.514. The van der Waals surface area contributed by atoms with Crippen LogP contribution in [0.15, 0.2) is 54.6 Å². The largest absolute Gasteiger partial charge is 0.368 e. The molecule has 2 aromatic rings. The fourth-order valence-corrected chi connectivity index (χ4v) is 4.00. The van der Waals surface area contributed by atoms with Gasteiger partial charge >= 0.3 is 0 Å². The number of nitrogens with zero attached hydrogens (tertiary/aromatic N) is 1. The molecule has 2 N–H and O–H groups in total. The Labute approximate surface area is 149 Å². The van der Waals surface area contributed by atoms with Crippen molar-refractivity contribution in [3.05, 3.63) is 71.3 Å². The van der Waals surface area contributed by atoms with Gasteiger partial charge in [0.15, 0.2) is 0 Å². The van der Waals surface area contributed by atoms with Crippen LogP contribution in [0.25, 0.3) is 0 Å². The van der Waals surface area contributed by atoms with Crippen molar-refractivity contribution in [2.24, 2.45) is 11.7 Å². The molecule has 1 fully saturated rings. The first kappa shape index (κ1) is 16.7. The summed E-state index contributed by atoms with van der Waals surface area (Å²) in [5, 5.41) is 0. The first-order valence-corrected chi connectivity index (χ1v) is 8.53. The number of benzene rings is 2. The van der Waals surface area contributed by atoms with Crippen LogP contribution in [0.4, 0.5) is 8.78 Å². The lowest BCUT2D eigenvalue weighted by Gasteiger charge is -2.35. The van der Waals surface area contributed by atoms with Crippen LogP contribution < -0.4 is 5.73 Å². The molecule has 1 unspecified atom stereocenters. The maximum absolute atomic E-state index is 14.4. The molecule has 4 rings (SSSR count). The first-order chi connectivity index (χ1) is 12.4. The lowest BCUT2D eigenvalue weighted by atomic mass is 9.91. The zero-order valence-electron chi connectivity index (χ0n) is 13.9. The van der Waals surface area contributed by atoms with E-state index >= 15 is 0 Å². The van der Waals surface area contributed by atoms with Crippen LogP contribution in [0.1, 0.15) is 28.7 Å². The van der Waals surface area contributed by atoms with Gasteiger partial charge in [-0.1, -0.05) is 54.6 Å². The maximum Gasteiger partial charge on any atom is 0.268 e. The Morgan fingerprint density at radius 1 is 1.04 bits per heavy atom. The van der Waals surface area contributed by atoms with Gasteiger partial charge in [-0.05, 0) is 23.1 Å². The standard InChI is InChI=1S/C20H18F2N2O2/c21-20(22)15(13-7-2-1-3-8-13)16(20)19(26)24-11-10-12-6-4-5-9-14(12)17(24)18(23)25/h1-9,15-17H,10-11H2,(H2,23,25)/t15-,16+,17?/m1/s1. The van der Waals surface area contributed by atoms with Gasteiger partial charge in [-0.25, -0.2) is 8.78 Å². The van der Waals surface area contributed by atoms with Crippen LogP contribution in [0.5, 0.6) is 0 Å². The van der Waals surface area contributed by atoms with Gasteiger partial charge in [-0.3, -0.25) is 9.59 Å². The minimum absolute atomic E-state index is 0.206. The van der Waals surface area contributed by atoms with Crippen molar-refractivity contribution >= 4 is 11.8 Å². The molecule has 0 bridgehead atoms. The van der Waals surface area contributed by atoms with E-state index in [9.17, 15) is 18.4 Å². The van der Waals surface area contributed by atoms with Crippen LogP contribution in [-0.2, 0) is 16.0 Å². The van der Waals surface area contributed by atoms with Crippen molar-refractivity contribution < 1.29 is 18.4 Å². The van der Waals surface area contributed by atoms with E-state index in [0.29, 0.717) is 17.5 Å². The molecule has 0 spiro atoms. The van der Waals surface area contributed by atoms with Crippen LogP contribution in [0.3, 0.4) is 0 Å². The fourth-order valence-electron chi connectivity index (χ4n) is 4.00. The number of hydrogen-bond acceptors (Lipinski definition) is 2. The molecule has 6 heteroatoms. The highest BCUT2D eigenvalue weighted by atomic mass is 19.3. The van der Waals surface area contributed by atoms with Gasteiger partial charge in [0.2, 0.25) is 11.8 Å². The summed E-state index contributed by atoms with van der Waals surface area (Å²) in [5.41, 5.74) is 7.50. The van der Waals surface area contributed by atoms with Gasteiger partial charge in [0.05, 0.1) is 5.92 Å². The molecule has 2 aromatic carbocycles. The molecule has 2 amide bonds. The summed E-state index contributed by atoms with van der Waals surface area (Å²) in [5.74, 6) is -7.12. The third kappa shape index (κ3) is 2.48. The molecule has 1 saturated carbocycles. The predicted molar refractivity (Wildman–Crippen MR) is 91.4 cm³/mol. The summed E-state index contributed by atoms with van der Waals surface area (Å²) < 4.78 is 28.8. The van der Waals surface area contributed by atoms with E-state index in [1.165, 1.54) is 4.90 Å². The molecule has 26 heavy (non-hydrogen) atoms. The van der Waals surface area contributed by atoms with Crippen molar-refractivity contribution in [1.82, 2.24) is 4.90 Å². The smallest absolute Gasteiger partial charge is 0.268 e. The van der Waals surface area contributed by atoms with E-state index in [1.807, 2.05) is 12.1 Å². The minimum Gasteiger partial charge on any atom is -0.368 e. The highest BCUT2D eigenvalue weighted by Gasteiger charge is 2.73. The zero-order valence-corrected chi connectivity index (χ0v) is 13.9. The summed E-state index contributed by atoms with van der Waals surface area (Å²) in [6, 6.07) is 14.5. The molecule has 1 aliphatic carbocycles. The second kappa shape index (κ2) is 5.90. The van der Waals surface area contributed by atoms with Crippen molar-refractivity contribution in [2.75, 3.05) is 6.54 Å². The summed E-state index contributed by atoms with van der Waals surface area (Å²) in [7, 11) is 0. The third-order valence-electron chi connectivity index (χ3n) is 5.31. The summed E-state index contributed by atoms with van der Waals surface area (Å²) >= 11 is 0. The summed E-state index contributed by atoms with van der Waals surface area (Å²) in [4.78, 5) is 26.2. The quantitative estimate of drug-likeness (QED) is 0.919. The monoisotopic (exact) mass is 356 g/mol. The van der Waals surface area contributed by atoms with E-state index in [4.69, 9.17) is 5.73 Å². The van der Waals surface area contributed by atoms with Gasteiger partial charge in [0.25, 0.3) is 5.92 Å². The molecule has 1 heterocycles. The number of hydrogen-bond donors (Lipinski definition) is 1. The second-order valence-corrected chi connectivity index (χ2v) is 6.83. The van der Waals surface area contributed by atoms with Crippen molar-refractivity contribution in [2.45, 2.75) is 24.3 Å². The van der Waals surface area contributed by atoms with Crippen molar-refractivity contribution in [1.29, 1.82) is 0 Å². The van der Waals surface area contributed by atoms with Crippen LogP contribution >= 0.6 is 0 Å². The van der Waals surface area contributed by atoms with Crippen LogP contribution in [0.2, 0.25) is 0 Å². The molecule has 3 atom stereocenters. The number of nitrogens with two attached hydrogens (primary N) is 1. The highest BCUT2D eigenvalue weighted by molar-refractivity contribution is 5.92. The number of halogens is 2. The zero-order chi connectivity index (χ0) is 18.5. The normalized spacial score (nSPS) is 26.1. The average molecular weight is 356 g/mol. The van der Waals surface area contributed by atoms with Gasteiger partial charge < -0.3 is 10.6 Å². The highest BCUT2D eigenvalue weighted by Crippen LogP contribution is 2.62. The molecule has 2 aliphatic rings. The molecular formula is C20H18F2N2O2. The SMILES string of the molecule is NC(=O)C1c2ccccc2CCN1C(=O)[C@@H]1[C@@H](c2ccccc2)C1(F)F. The molecule has 4 nitrogen and oxygen atoms in total. The number of amides is 2. The van der Waals surface area contributed by atoms with Gasteiger partial charge in [0, 0.05) is 6.54 Å². The fraction of sp³-hybridized carbons (Fsp3) is 0.300. The Bertz CT molecular complexity index is 869. The lowest BCUT2D eigenvalue weighted by Crippen LogP contribution is -2.47. The van der Waals surface area contributed by atoms with E-state index < -0.39 is 35.6 Å². The maximum atomic E-state index is 14.4. The number of fused-ring (bicyclic) bond motifs is 1. The van der Waals surface area contributed by atoms with Crippen LogP contribution in [0, 0.1) is 5.92 Å². The Hall–Kier alpha value is -2.76. The van der Waals surface area contributed by atoms with E-state index in [0.717, 1.165) is 5.56 Å². The Morgan fingerprint density at radius 2 is 1.69 bits per heavy atom. The predicted octanol–water partition coefficient (Wildman–Crippen LogP) is 2.65. The molecule has 0 saturated heterocycles. The average Bonchev–Trinajstić information content (AvgIpc) is 3.22. The van der Waals surface area contributed by atoms with Gasteiger partial charge in [0.1, 0.15) is 12.0 Å². The van der Waals surface area contributed by atoms with Crippen molar-refractivity contribution in [3.63, 3.8) is 0 Å². The molecule has 0 radical (unpaired) electrons. The third-order valence-corrected chi connectivity index (χ3v) is 5.31. The van der Waals surface area contributed by atoms with Crippen LogP contribution in [-0.4, -0.2) is 29.2 Å². The Balaban J connectivity index is 1.65. The second-order valence-electron chi connectivity index (χ2n) is 6.83. The van der Waals surface area contributed by atoms with E-state index in [2.05, 4.69) is 0 Å². The Morgan fingerprint density at radius 3 is 2.38 bits per heavy atom. The topological polar surface area (TPSA) is 63.4 Å². The van der Waals surface area contributed by atoms with Gasteiger partial charge in [-0.15, -0.1) is 0 Å². The number of rotatable bonds is 3. The number of primary amides is 1. The van der Waals surface area contributed by atoms with E-state index in [-0.39, 0.29) is 6.54 Å². The molecular weight excluding hydrogens is 338 g/mol. The first-order valence-electron chi connectivity index (χ1n) is 8.53. The molecule has 134 valence electrons. The lowest BCUT2D eigenvalue weighted by molar-refractivity contribution is -0.143. The van der Waals surface area contributed by atoms with E-state index in [1.54, 1.807) is 42.5 Å². The molecule has 0 aromatic heterocycles. The number of carbonyl (C=O) groups is 2. The number of carbonyl (C=O) groups excluding carboxylic acids is 2. The van der Waals surface area contributed by atoms with Crippen molar-refractivity contribution in [3.8, 4) is 0 Å². The van der Waals surface area contributed by atoms with Gasteiger partial charge in [-0.2, -0.15) is 0 Å². The Kier molecular flexibility index (Phi) is 3.79. The minimum atomic E-state index is -3.11. The summed E-state index contributed by atoms with van der Waals surface area (Å²) in [6.45, 7) is 0.206.